The van der Waals surface area contributed by atoms with Crippen molar-refractivity contribution < 1.29 is 0 Å². The van der Waals surface area contributed by atoms with Gasteiger partial charge in [-0.15, -0.1) is 0 Å². The molecule has 8 heteroatoms. The molecule has 7 nitrogen and oxygen atoms in total. The number of H-pyrrole nitrogens is 1. The molecule has 32 heavy (non-hydrogen) atoms. The monoisotopic (exact) mass is 489 g/mol. The standard InChI is InChI=1S/C24H24BrN7/c25-21-15-30-24(32-23(21)28-12-5-16-3-8-26-9-4-16)31-18-1-2-22-19(13-18)20(14-29-22)17-6-10-27-11-7-17/h1-4,6,8-9,13-15,27,29H,5,7,10-12H2,(H2,28,30,31,32). The number of aromatic nitrogens is 4. The molecule has 0 spiro atoms. The molecule has 4 heterocycles. The largest absolute Gasteiger partial charge is 0.369 e. The molecule has 4 aromatic rings. The first-order valence-corrected chi connectivity index (χ1v) is 11.5. The van der Waals surface area contributed by atoms with Crippen LogP contribution in [0.25, 0.3) is 16.5 Å². The summed E-state index contributed by atoms with van der Waals surface area (Å²) in [7, 11) is 0. The quantitative estimate of drug-likeness (QED) is 0.295. The van der Waals surface area contributed by atoms with Crippen molar-refractivity contribution in [1.82, 2.24) is 25.3 Å². The maximum Gasteiger partial charge on any atom is 0.229 e. The van der Waals surface area contributed by atoms with Crippen molar-refractivity contribution in [3.8, 4) is 0 Å². The van der Waals surface area contributed by atoms with Crippen LogP contribution in [0, 0.1) is 0 Å². The number of hydrogen-bond donors (Lipinski definition) is 4. The van der Waals surface area contributed by atoms with E-state index in [0.29, 0.717) is 5.95 Å². The summed E-state index contributed by atoms with van der Waals surface area (Å²) in [5, 5.41) is 11.3. The molecular formula is C24H24BrN7. The predicted molar refractivity (Wildman–Crippen MR) is 133 cm³/mol. The van der Waals surface area contributed by atoms with Gasteiger partial charge in [-0.2, -0.15) is 4.98 Å². The molecule has 3 aromatic heterocycles. The Morgan fingerprint density at radius 1 is 1.12 bits per heavy atom. The van der Waals surface area contributed by atoms with Crippen molar-refractivity contribution >= 4 is 49.9 Å². The van der Waals surface area contributed by atoms with Crippen molar-refractivity contribution in [2.24, 2.45) is 0 Å². The van der Waals surface area contributed by atoms with Crippen molar-refractivity contribution in [2.75, 3.05) is 30.3 Å². The van der Waals surface area contributed by atoms with Crippen LogP contribution in [0.5, 0.6) is 0 Å². The molecule has 0 aliphatic carbocycles. The van der Waals surface area contributed by atoms with Crippen LogP contribution in [-0.2, 0) is 6.42 Å². The third-order valence-electron chi connectivity index (χ3n) is 5.55. The van der Waals surface area contributed by atoms with Gasteiger partial charge in [0.2, 0.25) is 5.95 Å². The van der Waals surface area contributed by atoms with E-state index in [1.54, 1.807) is 6.20 Å². The highest BCUT2D eigenvalue weighted by Crippen LogP contribution is 2.31. The van der Waals surface area contributed by atoms with Gasteiger partial charge in [0, 0.05) is 60.0 Å². The highest BCUT2D eigenvalue weighted by atomic mass is 79.9. The Morgan fingerprint density at radius 3 is 2.88 bits per heavy atom. The third-order valence-corrected chi connectivity index (χ3v) is 6.13. The van der Waals surface area contributed by atoms with E-state index in [0.717, 1.165) is 54.0 Å². The van der Waals surface area contributed by atoms with E-state index >= 15 is 0 Å². The van der Waals surface area contributed by atoms with Crippen LogP contribution in [0.15, 0.2) is 65.7 Å². The van der Waals surface area contributed by atoms with Gasteiger partial charge >= 0.3 is 0 Å². The van der Waals surface area contributed by atoms with E-state index in [1.807, 2.05) is 30.6 Å². The maximum atomic E-state index is 4.66. The van der Waals surface area contributed by atoms with Crippen molar-refractivity contribution in [3.63, 3.8) is 0 Å². The summed E-state index contributed by atoms with van der Waals surface area (Å²) in [5.74, 6) is 1.32. The zero-order valence-electron chi connectivity index (χ0n) is 17.5. The minimum atomic E-state index is 0.553. The molecule has 4 N–H and O–H groups in total. The summed E-state index contributed by atoms with van der Waals surface area (Å²) in [6.07, 6.45) is 11.7. The van der Waals surface area contributed by atoms with Crippen LogP contribution in [0.3, 0.4) is 0 Å². The van der Waals surface area contributed by atoms with Crippen LogP contribution >= 0.6 is 15.9 Å². The number of pyridine rings is 1. The Morgan fingerprint density at radius 2 is 2.03 bits per heavy atom. The molecule has 5 rings (SSSR count). The van der Waals surface area contributed by atoms with Gasteiger partial charge < -0.3 is 20.9 Å². The van der Waals surface area contributed by atoms with Gasteiger partial charge in [-0.3, -0.25) is 4.98 Å². The molecule has 0 bridgehead atoms. The molecule has 0 atom stereocenters. The van der Waals surface area contributed by atoms with Crippen LogP contribution in [0.1, 0.15) is 17.5 Å². The van der Waals surface area contributed by atoms with Gasteiger partial charge in [-0.05, 0) is 76.8 Å². The van der Waals surface area contributed by atoms with E-state index in [4.69, 9.17) is 0 Å². The summed E-state index contributed by atoms with van der Waals surface area (Å²) in [4.78, 5) is 16.5. The molecule has 1 aliphatic rings. The van der Waals surface area contributed by atoms with Gasteiger partial charge in [-0.25, -0.2) is 4.98 Å². The van der Waals surface area contributed by atoms with E-state index < -0.39 is 0 Å². The zero-order valence-corrected chi connectivity index (χ0v) is 19.1. The average molecular weight is 490 g/mol. The lowest BCUT2D eigenvalue weighted by molar-refractivity contribution is 0.739. The number of rotatable bonds is 7. The number of hydrogen-bond acceptors (Lipinski definition) is 6. The number of benzene rings is 1. The van der Waals surface area contributed by atoms with E-state index in [2.05, 4.69) is 76.2 Å². The summed E-state index contributed by atoms with van der Waals surface area (Å²) in [5.41, 5.74) is 5.96. The third kappa shape index (κ3) is 4.66. The maximum absolute atomic E-state index is 4.66. The minimum Gasteiger partial charge on any atom is -0.369 e. The fourth-order valence-corrected chi connectivity index (χ4v) is 4.22. The second-order valence-corrected chi connectivity index (χ2v) is 8.55. The summed E-state index contributed by atoms with van der Waals surface area (Å²) in [6.45, 7) is 2.70. The Balaban J connectivity index is 1.32. The molecule has 0 fully saturated rings. The SMILES string of the molecule is Brc1cnc(Nc2ccc3[nH]cc(C4=CCNCC4)c3c2)nc1NCCc1ccncc1. The molecule has 0 amide bonds. The fraction of sp³-hybridized carbons (Fsp3) is 0.208. The second kappa shape index (κ2) is 9.50. The van der Waals surface area contributed by atoms with Gasteiger partial charge in [0.15, 0.2) is 0 Å². The molecule has 1 aromatic carbocycles. The van der Waals surface area contributed by atoms with Crippen LogP contribution in [0.2, 0.25) is 0 Å². The molecular weight excluding hydrogens is 466 g/mol. The average Bonchev–Trinajstić information content (AvgIpc) is 3.26. The lowest BCUT2D eigenvalue weighted by Gasteiger charge is -2.14. The zero-order chi connectivity index (χ0) is 21.8. The Bertz CT molecular complexity index is 1250. The smallest absolute Gasteiger partial charge is 0.229 e. The number of nitrogens with one attached hydrogen (secondary N) is 4. The first kappa shape index (κ1) is 20.7. The fourth-order valence-electron chi connectivity index (χ4n) is 3.89. The lowest BCUT2D eigenvalue weighted by Crippen LogP contribution is -2.19. The van der Waals surface area contributed by atoms with E-state index in [9.17, 15) is 0 Å². The number of nitrogens with zero attached hydrogens (tertiary/aromatic N) is 3. The first-order valence-electron chi connectivity index (χ1n) is 10.7. The van der Waals surface area contributed by atoms with Gasteiger partial charge in [-0.1, -0.05) is 6.08 Å². The first-order chi connectivity index (χ1) is 15.8. The second-order valence-electron chi connectivity index (χ2n) is 7.69. The number of halogens is 1. The topological polar surface area (TPSA) is 90.5 Å². The Hall–Kier alpha value is -3.23. The van der Waals surface area contributed by atoms with Gasteiger partial charge in [0.05, 0.1) is 4.47 Å². The predicted octanol–water partition coefficient (Wildman–Crippen LogP) is 4.89. The van der Waals surface area contributed by atoms with E-state index in [1.165, 1.54) is 22.1 Å². The number of anilines is 3. The lowest BCUT2D eigenvalue weighted by atomic mass is 9.99. The van der Waals surface area contributed by atoms with Gasteiger partial charge in [0.25, 0.3) is 0 Å². The highest BCUT2D eigenvalue weighted by Gasteiger charge is 2.12. The summed E-state index contributed by atoms with van der Waals surface area (Å²) < 4.78 is 0.832. The molecule has 0 radical (unpaired) electrons. The van der Waals surface area contributed by atoms with Crippen LogP contribution in [-0.4, -0.2) is 39.6 Å². The van der Waals surface area contributed by atoms with Gasteiger partial charge in [0.1, 0.15) is 5.82 Å². The Kier molecular flexibility index (Phi) is 6.13. The van der Waals surface area contributed by atoms with E-state index in [-0.39, 0.29) is 0 Å². The summed E-state index contributed by atoms with van der Waals surface area (Å²) >= 11 is 3.54. The molecule has 0 saturated carbocycles. The van der Waals surface area contributed by atoms with Crippen molar-refractivity contribution in [1.29, 1.82) is 0 Å². The van der Waals surface area contributed by atoms with Crippen LogP contribution < -0.4 is 16.0 Å². The minimum absolute atomic E-state index is 0.553. The Labute approximate surface area is 194 Å². The molecule has 162 valence electrons. The molecule has 1 aliphatic heterocycles. The summed E-state index contributed by atoms with van der Waals surface area (Å²) in [6, 6.07) is 10.3. The number of fused-ring (bicyclic) bond motifs is 1. The van der Waals surface area contributed by atoms with Crippen LogP contribution in [0.4, 0.5) is 17.5 Å². The normalized spacial score (nSPS) is 13.7. The molecule has 0 unspecified atom stereocenters. The van der Waals surface area contributed by atoms with Crippen molar-refractivity contribution in [3.05, 3.63) is 76.8 Å². The highest BCUT2D eigenvalue weighted by molar-refractivity contribution is 9.10. The number of aromatic amines is 1. The molecule has 0 saturated heterocycles. The van der Waals surface area contributed by atoms with Crippen molar-refractivity contribution in [2.45, 2.75) is 12.8 Å².